The van der Waals surface area contributed by atoms with Gasteiger partial charge in [-0.1, -0.05) is 0 Å². The molecule has 0 amide bonds. The molecule has 0 spiro atoms. The van der Waals surface area contributed by atoms with Crippen molar-refractivity contribution in [2.24, 2.45) is 5.73 Å². The van der Waals surface area contributed by atoms with E-state index in [2.05, 4.69) is 9.88 Å². The van der Waals surface area contributed by atoms with Gasteiger partial charge in [-0.3, -0.25) is 0 Å². The van der Waals surface area contributed by atoms with Crippen molar-refractivity contribution in [2.75, 3.05) is 25.1 Å². The number of thiazole rings is 1. The van der Waals surface area contributed by atoms with Gasteiger partial charge in [0.1, 0.15) is 0 Å². The Kier molecular flexibility index (Phi) is 3.78. The summed E-state index contributed by atoms with van der Waals surface area (Å²) in [5.74, 6) is 0. The zero-order valence-electron chi connectivity index (χ0n) is 9.90. The van der Waals surface area contributed by atoms with Gasteiger partial charge >= 0.3 is 0 Å². The smallest absolute Gasteiger partial charge is 0.185 e. The lowest BCUT2D eigenvalue weighted by atomic mass is 10.1. The summed E-state index contributed by atoms with van der Waals surface area (Å²) in [4.78, 5) is 8.09. The van der Waals surface area contributed by atoms with E-state index >= 15 is 0 Å². The number of nitrogens with zero attached hydrogens (tertiary/aromatic N) is 2. The van der Waals surface area contributed by atoms with E-state index in [4.69, 9.17) is 10.5 Å². The molecule has 16 heavy (non-hydrogen) atoms. The molecule has 1 aromatic rings. The molecule has 0 radical (unpaired) electrons. The Hall–Kier alpha value is -0.650. The molecular formula is C11H19N3OS. The lowest BCUT2D eigenvalue weighted by Gasteiger charge is -2.31. The van der Waals surface area contributed by atoms with Crippen molar-refractivity contribution >= 4 is 16.5 Å². The fraction of sp³-hybridized carbons (Fsp3) is 0.727. The van der Waals surface area contributed by atoms with Crippen molar-refractivity contribution in [1.82, 2.24) is 4.98 Å². The second-order valence-corrected chi connectivity index (χ2v) is 5.22. The maximum atomic E-state index is 5.67. The van der Waals surface area contributed by atoms with E-state index in [9.17, 15) is 0 Å². The highest BCUT2D eigenvalue weighted by Gasteiger charge is 2.22. The van der Waals surface area contributed by atoms with E-state index in [-0.39, 0.29) is 0 Å². The lowest BCUT2D eigenvalue weighted by molar-refractivity contribution is 0.0893. The molecule has 0 saturated carbocycles. The Morgan fingerprint density at radius 3 is 3.06 bits per heavy atom. The molecule has 1 aliphatic rings. The van der Waals surface area contributed by atoms with Gasteiger partial charge in [0.05, 0.1) is 11.8 Å². The van der Waals surface area contributed by atoms with Crippen LogP contribution in [0.2, 0.25) is 0 Å². The molecule has 2 heterocycles. The summed E-state index contributed by atoms with van der Waals surface area (Å²) in [7, 11) is 1.78. The van der Waals surface area contributed by atoms with Gasteiger partial charge in [-0.05, 0) is 19.8 Å². The molecule has 1 unspecified atom stereocenters. The summed E-state index contributed by atoms with van der Waals surface area (Å²) < 4.78 is 5.42. The number of nitrogens with two attached hydrogens (primary N) is 1. The van der Waals surface area contributed by atoms with Crippen LogP contribution in [0.3, 0.4) is 0 Å². The van der Waals surface area contributed by atoms with Gasteiger partial charge in [-0.25, -0.2) is 4.98 Å². The maximum Gasteiger partial charge on any atom is 0.185 e. The lowest BCUT2D eigenvalue weighted by Crippen LogP contribution is -2.39. The van der Waals surface area contributed by atoms with Gasteiger partial charge in [-0.2, -0.15) is 0 Å². The molecule has 5 heteroatoms. The standard InChI is InChI=1S/C11H19N3OS/c1-8-10(6-12)16-11(13-8)14-5-3-4-9(7-14)15-2/h9H,3-7,12H2,1-2H3. The number of piperidine rings is 1. The highest BCUT2D eigenvalue weighted by atomic mass is 32.1. The third-order valence-corrected chi connectivity index (χ3v) is 4.29. The highest BCUT2D eigenvalue weighted by molar-refractivity contribution is 7.15. The van der Waals surface area contributed by atoms with Gasteiger partial charge in [-0.15, -0.1) is 11.3 Å². The van der Waals surface area contributed by atoms with Gasteiger partial charge in [0, 0.05) is 31.6 Å². The fourth-order valence-corrected chi connectivity index (χ4v) is 3.02. The quantitative estimate of drug-likeness (QED) is 0.872. The third-order valence-electron chi connectivity index (χ3n) is 3.05. The van der Waals surface area contributed by atoms with Crippen LogP contribution < -0.4 is 10.6 Å². The van der Waals surface area contributed by atoms with E-state index in [0.29, 0.717) is 12.6 Å². The van der Waals surface area contributed by atoms with E-state index < -0.39 is 0 Å². The van der Waals surface area contributed by atoms with Crippen LogP contribution in [-0.4, -0.2) is 31.3 Å². The SMILES string of the molecule is COC1CCCN(c2nc(C)c(CN)s2)C1. The number of aryl methyl sites for hydroxylation is 1. The van der Waals surface area contributed by atoms with Gasteiger partial charge < -0.3 is 15.4 Å². The van der Waals surface area contributed by atoms with Crippen molar-refractivity contribution in [3.8, 4) is 0 Å². The molecule has 1 aliphatic heterocycles. The van der Waals surface area contributed by atoms with Crippen LogP contribution in [0.25, 0.3) is 0 Å². The summed E-state index contributed by atoms with van der Waals surface area (Å²) in [5, 5.41) is 1.10. The van der Waals surface area contributed by atoms with Crippen LogP contribution in [-0.2, 0) is 11.3 Å². The first-order chi connectivity index (χ1) is 7.74. The first kappa shape index (κ1) is 11.8. The number of rotatable bonds is 3. The van der Waals surface area contributed by atoms with Crippen molar-refractivity contribution < 1.29 is 4.74 Å². The molecule has 1 atom stereocenters. The summed E-state index contributed by atoms with van der Waals surface area (Å²) in [6.45, 7) is 4.65. The second-order valence-electron chi connectivity index (χ2n) is 4.16. The first-order valence-corrected chi connectivity index (χ1v) is 6.50. The molecule has 2 N–H and O–H groups in total. The zero-order chi connectivity index (χ0) is 11.5. The molecular weight excluding hydrogens is 222 g/mol. The van der Waals surface area contributed by atoms with E-state index in [1.165, 1.54) is 11.3 Å². The third kappa shape index (κ3) is 2.36. The predicted octanol–water partition coefficient (Wildman–Crippen LogP) is 1.53. The number of methoxy groups -OCH3 is 1. The van der Waals surface area contributed by atoms with E-state index in [1.807, 2.05) is 6.92 Å². The Morgan fingerprint density at radius 2 is 2.44 bits per heavy atom. The molecule has 4 nitrogen and oxygen atoms in total. The van der Waals surface area contributed by atoms with Gasteiger partial charge in [0.15, 0.2) is 5.13 Å². The topological polar surface area (TPSA) is 51.4 Å². The maximum absolute atomic E-state index is 5.67. The molecule has 0 aromatic carbocycles. The predicted molar refractivity (Wildman–Crippen MR) is 67.0 cm³/mol. The minimum absolute atomic E-state index is 0.347. The Labute approximate surface area is 100 Å². The number of anilines is 1. The van der Waals surface area contributed by atoms with Crippen LogP contribution in [0.5, 0.6) is 0 Å². The van der Waals surface area contributed by atoms with Crippen LogP contribution in [0, 0.1) is 6.92 Å². The van der Waals surface area contributed by atoms with Crippen molar-refractivity contribution in [3.63, 3.8) is 0 Å². The van der Waals surface area contributed by atoms with Crippen LogP contribution in [0.15, 0.2) is 0 Å². The van der Waals surface area contributed by atoms with Gasteiger partial charge in [0.2, 0.25) is 0 Å². The molecule has 1 saturated heterocycles. The monoisotopic (exact) mass is 241 g/mol. The minimum atomic E-state index is 0.347. The van der Waals surface area contributed by atoms with Crippen molar-refractivity contribution in [3.05, 3.63) is 10.6 Å². The average molecular weight is 241 g/mol. The molecule has 90 valence electrons. The second kappa shape index (κ2) is 5.12. The average Bonchev–Trinajstić information content (AvgIpc) is 2.71. The van der Waals surface area contributed by atoms with Crippen molar-refractivity contribution in [2.45, 2.75) is 32.4 Å². The first-order valence-electron chi connectivity index (χ1n) is 5.68. The highest BCUT2D eigenvalue weighted by Crippen LogP contribution is 2.28. The fourth-order valence-electron chi connectivity index (χ4n) is 2.04. The summed E-state index contributed by atoms with van der Waals surface area (Å²) in [6, 6.07) is 0. The van der Waals surface area contributed by atoms with Crippen LogP contribution in [0.1, 0.15) is 23.4 Å². The Balaban J connectivity index is 2.10. The molecule has 1 aromatic heterocycles. The summed E-state index contributed by atoms with van der Waals surface area (Å²) in [6.07, 6.45) is 2.68. The largest absolute Gasteiger partial charge is 0.380 e. The van der Waals surface area contributed by atoms with Crippen molar-refractivity contribution in [1.29, 1.82) is 0 Å². The zero-order valence-corrected chi connectivity index (χ0v) is 10.7. The number of hydrogen-bond donors (Lipinski definition) is 1. The van der Waals surface area contributed by atoms with Crippen LogP contribution in [0.4, 0.5) is 5.13 Å². The molecule has 1 fully saturated rings. The molecule has 2 rings (SSSR count). The minimum Gasteiger partial charge on any atom is -0.380 e. The number of hydrogen-bond acceptors (Lipinski definition) is 5. The normalized spacial score (nSPS) is 21.4. The van der Waals surface area contributed by atoms with E-state index in [0.717, 1.165) is 30.3 Å². The molecule has 0 aliphatic carbocycles. The molecule has 0 bridgehead atoms. The number of ether oxygens (including phenoxy) is 1. The summed E-state index contributed by atoms with van der Waals surface area (Å²) in [5.41, 5.74) is 6.75. The Bertz CT molecular complexity index is 353. The van der Waals surface area contributed by atoms with E-state index in [1.54, 1.807) is 18.4 Å². The Morgan fingerprint density at radius 1 is 1.62 bits per heavy atom. The van der Waals surface area contributed by atoms with Gasteiger partial charge in [0.25, 0.3) is 0 Å². The summed E-state index contributed by atoms with van der Waals surface area (Å²) >= 11 is 1.71. The number of aromatic nitrogens is 1. The van der Waals surface area contributed by atoms with Crippen LogP contribution >= 0.6 is 11.3 Å².